The Hall–Kier alpha value is -2.61. The van der Waals surface area contributed by atoms with Gasteiger partial charge in [-0.1, -0.05) is 0 Å². The third-order valence-electron chi connectivity index (χ3n) is 3.82. The Morgan fingerprint density at radius 1 is 1.15 bits per heavy atom. The fourth-order valence-corrected chi connectivity index (χ4v) is 2.73. The van der Waals surface area contributed by atoms with Gasteiger partial charge >= 0.3 is 17.9 Å². The number of ether oxygens (including phenoxy) is 2. The van der Waals surface area contributed by atoms with Crippen LogP contribution < -0.4 is 10.1 Å². The number of carboxylic acids is 2. The summed E-state index contributed by atoms with van der Waals surface area (Å²) in [6.45, 7) is 5.97. The van der Waals surface area contributed by atoms with Crippen LogP contribution in [0.25, 0.3) is 0 Å². The maximum absolute atomic E-state index is 12.5. The zero-order valence-electron chi connectivity index (χ0n) is 14.9. The molecule has 1 aromatic carbocycles. The van der Waals surface area contributed by atoms with Crippen molar-refractivity contribution in [2.45, 2.75) is 51.4 Å². The highest BCUT2D eigenvalue weighted by molar-refractivity contribution is 6.02. The predicted octanol–water partition coefficient (Wildman–Crippen LogP) is 1.92. The smallest absolute Gasteiger partial charge is 0.349 e. The van der Waals surface area contributed by atoms with Gasteiger partial charge in [-0.05, 0) is 58.4 Å². The summed E-state index contributed by atoms with van der Waals surface area (Å²) in [6.07, 6.45) is 0.628. The third-order valence-corrected chi connectivity index (χ3v) is 3.82. The first-order chi connectivity index (χ1) is 12.1. The van der Waals surface area contributed by atoms with Crippen molar-refractivity contribution in [3.8, 4) is 5.75 Å². The van der Waals surface area contributed by atoms with Crippen LogP contribution in [0.5, 0.6) is 5.75 Å². The molecule has 0 spiro atoms. The van der Waals surface area contributed by atoms with E-state index in [4.69, 9.17) is 14.6 Å². The van der Waals surface area contributed by atoms with Crippen LogP contribution in [0.1, 0.15) is 54.3 Å². The Kier molecular flexibility index (Phi) is 5.86. The fourth-order valence-electron chi connectivity index (χ4n) is 2.73. The minimum atomic E-state index is -1.39. The van der Waals surface area contributed by atoms with Crippen LogP contribution in [0.15, 0.2) is 18.2 Å². The van der Waals surface area contributed by atoms with Crippen molar-refractivity contribution in [1.29, 1.82) is 0 Å². The van der Waals surface area contributed by atoms with Gasteiger partial charge in [0.25, 0.3) is 0 Å². The monoisotopic (exact) mass is 365 g/mol. The van der Waals surface area contributed by atoms with E-state index in [1.165, 1.54) is 6.07 Å². The van der Waals surface area contributed by atoms with Gasteiger partial charge < -0.3 is 25.0 Å². The van der Waals surface area contributed by atoms with E-state index in [-0.39, 0.29) is 17.4 Å². The largest absolute Gasteiger partial charge is 0.478 e. The molecule has 1 aliphatic heterocycles. The van der Waals surface area contributed by atoms with E-state index >= 15 is 0 Å². The van der Waals surface area contributed by atoms with Gasteiger partial charge in [-0.2, -0.15) is 0 Å². The molecule has 3 N–H and O–H groups in total. The van der Waals surface area contributed by atoms with Crippen LogP contribution in [0.3, 0.4) is 0 Å². The molecule has 2 rings (SSSR count). The first kappa shape index (κ1) is 19.7. The number of esters is 1. The first-order valence-electron chi connectivity index (χ1n) is 8.32. The van der Waals surface area contributed by atoms with Gasteiger partial charge in [0.15, 0.2) is 0 Å². The van der Waals surface area contributed by atoms with Crippen molar-refractivity contribution in [3.63, 3.8) is 0 Å². The minimum absolute atomic E-state index is 0.0944. The van der Waals surface area contributed by atoms with Crippen LogP contribution in [0, 0.1) is 0 Å². The van der Waals surface area contributed by atoms with E-state index in [1.807, 2.05) is 0 Å². The highest BCUT2D eigenvalue weighted by Crippen LogP contribution is 2.23. The molecule has 1 saturated heterocycles. The molecule has 1 aromatic rings. The van der Waals surface area contributed by atoms with Crippen LogP contribution in [-0.4, -0.2) is 52.4 Å². The molecule has 1 aliphatic rings. The second kappa shape index (κ2) is 7.74. The molecule has 0 saturated carbocycles. The number of hydrogen-bond acceptors (Lipinski definition) is 6. The molecule has 2 atom stereocenters. The normalized spacial score (nSPS) is 18.2. The summed E-state index contributed by atoms with van der Waals surface area (Å²) in [5.41, 5.74) is -1.45. The second-order valence-corrected chi connectivity index (χ2v) is 7.09. The summed E-state index contributed by atoms with van der Waals surface area (Å²) in [6, 6.07) is 3.33. The van der Waals surface area contributed by atoms with E-state index in [9.17, 15) is 19.5 Å². The molecule has 0 aromatic heterocycles. The quantitative estimate of drug-likeness (QED) is 0.654. The maximum Gasteiger partial charge on any atom is 0.349 e. The summed E-state index contributed by atoms with van der Waals surface area (Å²) in [7, 11) is 0. The number of aromatic carboxylic acids is 2. The SMILES string of the molecule is CC(C)(C)OC(=O)C(Oc1ccc(C(=O)O)c(C(=O)O)c1)C1CCCN1. The van der Waals surface area contributed by atoms with Crippen molar-refractivity contribution in [2.24, 2.45) is 0 Å². The lowest BCUT2D eigenvalue weighted by Gasteiger charge is -2.28. The molecule has 0 aliphatic carbocycles. The van der Waals surface area contributed by atoms with Crippen molar-refractivity contribution in [3.05, 3.63) is 29.3 Å². The lowest BCUT2D eigenvalue weighted by Crippen LogP contribution is -2.47. The van der Waals surface area contributed by atoms with Crippen LogP contribution >= 0.6 is 0 Å². The third kappa shape index (κ3) is 4.95. The van der Waals surface area contributed by atoms with Gasteiger partial charge in [0.05, 0.1) is 17.2 Å². The first-order valence-corrected chi connectivity index (χ1v) is 8.32. The molecule has 8 nitrogen and oxygen atoms in total. The van der Waals surface area contributed by atoms with Crippen molar-refractivity contribution >= 4 is 17.9 Å². The van der Waals surface area contributed by atoms with Crippen molar-refractivity contribution in [1.82, 2.24) is 5.32 Å². The lowest BCUT2D eigenvalue weighted by atomic mass is 10.1. The highest BCUT2D eigenvalue weighted by atomic mass is 16.6. The van der Waals surface area contributed by atoms with Crippen LogP contribution in [-0.2, 0) is 9.53 Å². The maximum atomic E-state index is 12.5. The topological polar surface area (TPSA) is 122 Å². The summed E-state index contributed by atoms with van der Waals surface area (Å²) in [5.74, 6) is -3.20. The fraction of sp³-hybridized carbons (Fsp3) is 0.500. The van der Waals surface area contributed by atoms with Gasteiger partial charge in [0.2, 0.25) is 6.10 Å². The van der Waals surface area contributed by atoms with Gasteiger partial charge in [-0.15, -0.1) is 0 Å². The summed E-state index contributed by atoms with van der Waals surface area (Å²) < 4.78 is 11.1. The number of benzene rings is 1. The molecule has 8 heteroatoms. The molecule has 142 valence electrons. The van der Waals surface area contributed by atoms with Gasteiger partial charge in [-0.3, -0.25) is 0 Å². The number of carboxylic acid groups (broad SMARTS) is 2. The molecule has 0 bridgehead atoms. The molecule has 1 fully saturated rings. The molecule has 2 unspecified atom stereocenters. The Balaban J connectivity index is 2.30. The number of nitrogens with one attached hydrogen (secondary N) is 1. The van der Waals surface area contributed by atoms with Crippen molar-refractivity contribution in [2.75, 3.05) is 6.54 Å². The standard InChI is InChI=1S/C18H23NO7/c1-18(2,3)26-17(24)14(13-5-4-8-19-13)25-10-6-7-11(15(20)21)12(9-10)16(22)23/h6-7,9,13-14,19H,4-5,8H2,1-3H3,(H,20,21)(H,22,23). The minimum Gasteiger partial charge on any atom is -0.478 e. The average Bonchev–Trinajstić information content (AvgIpc) is 3.04. The van der Waals surface area contributed by atoms with E-state index in [1.54, 1.807) is 20.8 Å². The molecular weight excluding hydrogens is 342 g/mol. The number of hydrogen-bond donors (Lipinski definition) is 3. The van der Waals surface area contributed by atoms with E-state index in [0.717, 1.165) is 25.1 Å². The van der Waals surface area contributed by atoms with Crippen LogP contribution in [0.2, 0.25) is 0 Å². The van der Waals surface area contributed by atoms with Crippen LogP contribution in [0.4, 0.5) is 0 Å². The predicted molar refractivity (Wildman–Crippen MR) is 91.6 cm³/mol. The second-order valence-electron chi connectivity index (χ2n) is 7.09. The zero-order chi connectivity index (χ0) is 19.5. The molecule has 1 heterocycles. The van der Waals surface area contributed by atoms with Gasteiger partial charge in [0, 0.05) is 0 Å². The Morgan fingerprint density at radius 2 is 1.81 bits per heavy atom. The van der Waals surface area contributed by atoms with Gasteiger partial charge in [0.1, 0.15) is 11.4 Å². The molecule has 0 amide bonds. The zero-order valence-corrected chi connectivity index (χ0v) is 14.9. The van der Waals surface area contributed by atoms with E-state index < -0.39 is 35.2 Å². The number of rotatable bonds is 6. The number of carbonyl (C=O) groups is 3. The average molecular weight is 365 g/mol. The molecular formula is C18H23NO7. The summed E-state index contributed by atoms with van der Waals surface area (Å²) in [5, 5.41) is 21.5. The Morgan fingerprint density at radius 3 is 2.31 bits per heavy atom. The highest BCUT2D eigenvalue weighted by Gasteiger charge is 2.36. The molecule has 26 heavy (non-hydrogen) atoms. The Bertz CT molecular complexity index is 702. The summed E-state index contributed by atoms with van der Waals surface area (Å²) in [4.78, 5) is 35.0. The van der Waals surface area contributed by atoms with E-state index in [2.05, 4.69) is 5.32 Å². The van der Waals surface area contributed by atoms with E-state index in [0.29, 0.717) is 6.42 Å². The summed E-state index contributed by atoms with van der Waals surface area (Å²) >= 11 is 0. The molecule has 0 radical (unpaired) electrons. The number of carbonyl (C=O) groups excluding carboxylic acids is 1. The van der Waals surface area contributed by atoms with Gasteiger partial charge in [-0.25, -0.2) is 14.4 Å². The lowest BCUT2D eigenvalue weighted by molar-refractivity contribution is -0.164. The van der Waals surface area contributed by atoms with Crippen molar-refractivity contribution < 1.29 is 34.1 Å². The Labute approximate surface area is 151 Å².